The molecule has 3 heterocycles. The Bertz CT molecular complexity index is 1420. The van der Waals surface area contributed by atoms with Gasteiger partial charge >= 0.3 is 0 Å². The van der Waals surface area contributed by atoms with Crippen LogP contribution in [0, 0.1) is 18.8 Å². The van der Waals surface area contributed by atoms with Crippen LogP contribution in [0.1, 0.15) is 59.2 Å². The summed E-state index contributed by atoms with van der Waals surface area (Å²) in [6.45, 7) is 2.58. The average molecular weight is 587 g/mol. The molecule has 0 saturated heterocycles. The van der Waals surface area contributed by atoms with Crippen LogP contribution in [0.4, 0.5) is 0 Å². The number of rotatable bonds is 7. The van der Waals surface area contributed by atoms with Crippen molar-refractivity contribution < 1.29 is 33.8 Å². The second kappa shape index (κ2) is 14.2. The molecule has 2 amide bonds. The van der Waals surface area contributed by atoms with Gasteiger partial charge in [0.15, 0.2) is 17.3 Å². The molecule has 0 saturated carbocycles. The molecular weight excluding hydrogens is 548 g/mol. The maximum atomic E-state index is 14.1. The molecule has 3 N–H and O–H groups in total. The third kappa shape index (κ3) is 7.73. The third-order valence-electron chi connectivity index (χ3n) is 8.20. The quantitative estimate of drug-likeness (QED) is 0.203. The summed E-state index contributed by atoms with van der Waals surface area (Å²) in [6, 6.07) is 19.8. The summed E-state index contributed by atoms with van der Waals surface area (Å²) in [5, 5.41) is 12.6. The number of carbonyl (C=O) groups is 3. The predicted molar refractivity (Wildman–Crippen MR) is 159 cm³/mol. The van der Waals surface area contributed by atoms with Gasteiger partial charge in [-0.05, 0) is 86.9 Å². The number of carbonyl (C=O) groups excluding carboxylic acids is 3. The van der Waals surface area contributed by atoms with Crippen LogP contribution >= 0.6 is 0 Å². The molecule has 9 nitrogen and oxygen atoms in total. The lowest BCUT2D eigenvalue weighted by molar-refractivity contribution is -0.141. The minimum atomic E-state index is -0.901. The predicted octanol–water partition coefficient (Wildman–Crippen LogP) is 4.96. The molecule has 3 aliphatic rings. The Balaban J connectivity index is 1.43. The van der Waals surface area contributed by atoms with Gasteiger partial charge in [-0.3, -0.25) is 19.6 Å². The number of fused-ring (bicyclic) bond motifs is 13. The summed E-state index contributed by atoms with van der Waals surface area (Å²) >= 11 is 0. The van der Waals surface area contributed by atoms with Gasteiger partial charge in [0, 0.05) is 17.9 Å². The maximum Gasteiger partial charge on any atom is 0.247 e. The minimum Gasteiger partial charge on any atom is -0.494 e. The van der Waals surface area contributed by atoms with E-state index in [2.05, 4.69) is 29.6 Å². The Labute approximate surface area is 251 Å². The van der Waals surface area contributed by atoms with E-state index in [1.807, 2.05) is 31.2 Å². The molecule has 0 aromatic heterocycles. The van der Waals surface area contributed by atoms with E-state index in [0.717, 1.165) is 17.5 Å². The van der Waals surface area contributed by atoms with Gasteiger partial charge in [-0.1, -0.05) is 42.0 Å². The van der Waals surface area contributed by atoms with Gasteiger partial charge in [-0.2, -0.15) is 0 Å². The summed E-state index contributed by atoms with van der Waals surface area (Å²) in [7, 11) is 0. The molecule has 1 unspecified atom stereocenters. The molecule has 3 aromatic rings. The normalized spacial score (nSPS) is 20.3. The van der Waals surface area contributed by atoms with E-state index >= 15 is 0 Å². The van der Waals surface area contributed by atoms with Crippen molar-refractivity contribution in [1.29, 1.82) is 0 Å². The molecule has 9 heteroatoms. The molecular formula is C34H38N2O7. The number of hydrogen-bond donors (Lipinski definition) is 3. The SMILES string of the molecule is Cc1ccc(CCCC2C(=O)N[C@H](C(=O)c3ccc4c(c3)OCO4)Cc3ccc(cc3)OCCCC[C@@H]2C(=O)NO)cc1. The fraction of sp³-hybridized carbons (Fsp3) is 0.382. The first kappa shape index (κ1) is 30.1. The fourth-order valence-electron chi connectivity index (χ4n) is 5.75. The third-order valence-corrected chi connectivity index (χ3v) is 8.20. The van der Waals surface area contributed by atoms with Crippen LogP contribution in [0.3, 0.4) is 0 Å². The van der Waals surface area contributed by atoms with Gasteiger partial charge in [0.1, 0.15) is 5.75 Å². The van der Waals surface area contributed by atoms with Crippen molar-refractivity contribution >= 4 is 17.6 Å². The van der Waals surface area contributed by atoms with Crippen LogP contribution in [-0.4, -0.2) is 42.2 Å². The largest absolute Gasteiger partial charge is 0.494 e. The molecule has 6 rings (SSSR count). The minimum absolute atomic E-state index is 0.0835. The molecule has 0 aliphatic carbocycles. The van der Waals surface area contributed by atoms with Crippen LogP contribution < -0.4 is 25.0 Å². The van der Waals surface area contributed by atoms with Crippen molar-refractivity contribution in [2.75, 3.05) is 13.4 Å². The first-order valence-corrected chi connectivity index (χ1v) is 14.9. The maximum absolute atomic E-state index is 14.1. The van der Waals surface area contributed by atoms with Gasteiger partial charge in [0.25, 0.3) is 0 Å². The molecule has 3 aromatic carbocycles. The van der Waals surface area contributed by atoms with Crippen molar-refractivity contribution in [3.63, 3.8) is 0 Å². The highest BCUT2D eigenvalue weighted by Crippen LogP contribution is 2.33. The Morgan fingerprint density at radius 2 is 1.72 bits per heavy atom. The van der Waals surface area contributed by atoms with E-state index in [-0.39, 0.29) is 24.9 Å². The highest BCUT2D eigenvalue weighted by Gasteiger charge is 2.35. The van der Waals surface area contributed by atoms with E-state index in [0.29, 0.717) is 61.5 Å². The Kier molecular flexibility index (Phi) is 9.94. The van der Waals surface area contributed by atoms with E-state index in [1.165, 1.54) is 5.56 Å². The zero-order valence-electron chi connectivity index (χ0n) is 24.3. The summed E-state index contributed by atoms with van der Waals surface area (Å²) in [6.07, 6.45) is 3.73. The van der Waals surface area contributed by atoms with Gasteiger partial charge in [-0.25, -0.2) is 5.48 Å². The van der Waals surface area contributed by atoms with Crippen LogP contribution in [0.5, 0.6) is 17.2 Å². The molecule has 226 valence electrons. The Morgan fingerprint density at radius 3 is 2.49 bits per heavy atom. The molecule has 2 bridgehead atoms. The summed E-state index contributed by atoms with van der Waals surface area (Å²) in [5.74, 6) is -1.06. The standard InChI is InChI=1S/C34H38N2O7/c1-22-8-10-23(11-9-22)5-4-7-27-28(34(39)36-40)6-2-3-18-41-26-15-12-24(13-16-26)19-29(35-33(27)38)32(37)25-14-17-30-31(20-25)43-21-42-30/h8-17,20,27-29,40H,2-7,18-19,21H2,1H3,(H,35,38)(H,36,39)/t27?,28-,29-/m0/s1. The molecule has 3 atom stereocenters. The van der Waals surface area contributed by atoms with Crippen molar-refractivity contribution in [3.05, 3.63) is 89.0 Å². The number of aryl methyl sites for hydroxylation is 2. The molecule has 0 spiro atoms. The number of amides is 2. The zero-order valence-corrected chi connectivity index (χ0v) is 24.3. The van der Waals surface area contributed by atoms with E-state index in [4.69, 9.17) is 14.2 Å². The molecule has 0 radical (unpaired) electrons. The van der Waals surface area contributed by atoms with E-state index in [1.54, 1.807) is 23.7 Å². The van der Waals surface area contributed by atoms with Gasteiger partial charge in [0.2, 0.25) is 18.6 Å². The summed E-state index contributed by atoms with van der Waals surface area (Å²) in [5.41, 5.74) is 5.32. The van der Waals surface area contributed by atoms with Crippen LogP contribution in [0.2, 0.25) is 0 Å². The number of ketones is 1. The number of Topliss-reactive ketones (excluding diaryl/α,β-unsaturated/α-hetero) is 1. The molecule has 0 fully saturated rings. The van der Waals surface area contributed by atoms with Crippen LogP contribution in [0.15, 0.2) is 66.7 Å². The highest BCUT2D eigenvalue weighted by molar-refractivity contribution is 6.03. The topological polar surface area (TPSA) is 123 Å². The number of hydroxylamine groups is 1. The van der Waals surface area contributed by atoms with Crippen molar-refractivity contribution in [3.8, 4) is 17.2 Å². The zero-order chi connectivity index (χ0) is 30.2. The van der Waals surface area contributed by atoms with Gasteiger partial charge < -0.3 is 19.5 Å². The Morgan fingerprint density at radius 1 is 0.953 bits per heavy atom. The number of nitrogens with one attached hydrogen (secondary N) is 2. The lowest BCUT2D eigenvalue weighted by atomic mass is 9.82. The van der Waals surface area contributed by atoms with E-state index in [9.17, 15) is 19.6 Å². The molecule has 43 heavy (non-hydrogen) atoms. The summed E-state index contributed by atoms with van der Waals surface area (Å²) in [4.78, 5) is 40.9. The van der Waals surface area contributed by atoms with Crippen LogP contribution in [0.25, 0.3) is 0 Å². The van der Waals surface area contributed by atoms with Crippen molar-refractivity contribution in [2.45, 2.75) is 57.9 Å². The smallest absolute Gasteiger partial charge is 0.247 e. The second-order valence-electron chi connectivity index (χ2n) is 11.3. The van der Waals surface area contributed by atoms with Gasteiger partial charge in [0.05, 0.1) is 18.6 Å². The molecule has 3 aliphatic heterocycles. The summed E-state index contributed by atoms with van der Waals surface area (Å²) < 4.78 is 16.8. The number of ether oxygens (including phenoxy) is 3. The van der Waals surface area contributed by atoms with Gasteiger partial charge in [-0.15, -0.1) is 0 Å². The fourth-order valence-corrected chi connectivity index (χ4v) is 5.75. The second-order valence-corrected chi connectivity index (χ2v) is 11.3. The number of hydrogen-bond acceptors (Lipinski definition) is 7. The van der Waals surface area contributed by atoms with Crippen molar-refractivity contribution in [1.82, 2.24) is 10.8 Å². The number of benzene rings is 3. The van der Waals surface area contributed by atoms with Crippen LogP contribution in [-0.2, 0) is 22.4 Å². The highest BCUT2D eigenvalue weighted by atomic mass is 16.7. The monoisotopic (exact) mass is 586 g/mol. The lowest BCUT2D eigenvalue weighted by Crippen LogP contribution is -2.48. The first-order valence-electron chi connectivity index (χ1n) is 14.9. The average Bonchev–Trinajstić information content (AvgIpc) is 3.50. The van der Waals surface area contributed by atoms with Crippen molar-refractivity contribution in [2.24, 2.45) is 11.8 Å². The first-order chi connectivity index (χ1) is 20.9. The van der Waals surface area contributed by atoms with E-state index < -0.39 is 23.8 Å². The Hall–Kier alpha value is -4.37. The lowest BCUT2D eigenvalue weighted by Gasteiger charge is -2.27.